The van der Waals surface area contributed by atoms with E-state index < -0.39 is 0 Å². The molecule has 0 fully saturated rings. The van der Waals surface area contributed by atoms with Crippen LogP contribution in [0.1, 0.15) is 12.5 Å². The van der Waals surface area contributed by atoms with Crippen LogP contribution in [0.4, 0.5) is 0 Å². The van der Waals surface area contributed by atoms with Crippen LogP contribution in [0.5, 0.6) is 0 Å². The Morgan fingerprint density at radius 3 is 3.00 bits per heavy atom. The van der Waals surface area contributed by atoms with E-state index >= 15 is 0 Å². The van der Waals surface area contributed by atoms with Crippen LogP contribution in [-0.4, -0.2) is 4.57 Å². The first-order chi connectivity index (χ1) is 7.26. The van der Waals surface area contributed by atoms with Gasteiger partial charge in [0.25, 0.3) is 0 Å². The molecular weight excluding hydrogens is 204 g/mol. The number of rotatable bonds is 2. The number of hydrogen-bond donors (Lipinski definition) is 1. The number of terminal acetylenes is 1. The van der Waals surface area contributed by atoms with E-state index in [1.165, 1.54) is 16.9 Å². The average molecular weight is 216 g/mol. The fraction of sp³-hybridized carbons (Fsp3) is 0.250. The van der Waals surface area contributed by atoms with E-state index in [-0.39, 0.29) is 0 Å². The van der Waals surface area contributed by atoms with Gasteiger partial charge in [0.15, 0.2) is 4.80 Å². The minimum atomic E-state index is 0.476. The summed E-state index contributed by atoms with van der Waals surface area (Å²) in [4.78, 5) is 0.524. The monoisotopic (exact) mass is 216 g/mol. The van der Waals surface area contributed by atoms with E-state index in [1.807, 2.05) is 4.57 Å². The van der Waals surface area contributed by atoms with Crippen molar-refractivity contribution < 1.29 is 0 Å². The summed E-state index contributed by atoms with van der Waals surface area (Å²) in [6, 6.07) is 6.30. The molecule has 0 saturated carbocycles. The smallest absolute Gasteiger partial charge is 0.183 e. The fourth-order valence-electron chi connectivity index (χ4n) is 1.60. The minimum Gasteiger partial charge on any atom is -0.305 e. The Balaban J connectivity index is 2.69. The van der Waals surface area contributed by atoms with Crippen molar-refractivity contribution in [1.82, 2.24) is 4.57 Å². The molecule has 2 rings (SSSR count). The highest BCUT2D eigenvalue weighted by Gasteiger charge is 2.04. The van der Waals surface area contributed by atoms with Crippen molar-refractivity contribution in [3.05, 3.63) is 28.6 Å². The van der Waals surface area contributed by atoms with Crippen molar-refractivity contribution >= 4 is 21.6 Å². The lowest BCUT2D eigenvalue weighted by Crippen LogP contribution is -2.11. The molecule has 2 aromatic rings. The number of hydrogen-bond acceptors (Lipinski definition) is 2. The van der Waals surface area contributed by atoms with E-state index in [4.69, 9.17) is 11.8 Å². The van der Waals surface area contributed by atoms with Crippen LogP contribution in [0, 0.1) is 17.8 Å². The van der Waals surface area contributed by atoms with E-state index in [9.17, 15) is 0 Å². The summed E-state index contributed by atoms with van der Waals surface area (Å²) in [5.74, 6) is 2.58. The van der Waals surface area contributed by atoms with Gasteiger partial charge in [-0.1, -0.05) is 30.2 Å². The summed E-state index contributed by atoms with van der Waals surface area (Å²) in [6.07, 6.45) is 6.31. The van der Waals surface area contributed by atoms with Crippen molar-refractivity contribution in [3.8, 4) is 12.3 Å². The second-order valence-electron chi connectivity index (χ2n) is 3.35. The van der Waals surface area contributed by atoms with Crippen LogP contribution in [0.25, 0.3) is 10.2 Å². The molecule has 0 saturated heterocycles. The standard InChI is InChI=1S/C12H12N2S/c1-3-7-14-10-6-5-9(4-2)8-11(10)15-12(14)13/h1,5-6,8,13H,4,7H2,2H3. The molecule has 0 unspecified atom stereocenters. The molecule has 0 amide bonds. The van der Waals surface area contributed by atoms with Gasteiger partial charge in [-0.2, -0.15) is 0 Å². The maximum absolute atomic E-state index is 7.82. The number of benzene rings is 1. The lowest BCUT2D eigenvalue weighted by Gasteiger charge is -2.00. The molecule has 0 aliphatic carbocycles. The molecule has 1 aromatic heterocycles. The molecule has 0 bridgehead atoms. The summed E-state index contributed by atoms with van der Waals surface area (Å²) in [5.41, 5.74) is 2.37. The third kappa shape index (κ3) is 1.69. The van der Waals surface area contributed by atoms with Crippen LogP contribution in [0.3, 0.4) is 0 Å². The average Bonchev–Trinajstić information content (AvgIpc) is 2.55. The third-order valence-electron chi connectivity index (χ3n) is 2.42. The Hall–Kier alpha value is -1.53. The second-order valence-corrected chi connectivity index (χ2v) is 4.38. The van der Waals surface area contributed by atoms with Gasteiger partial charge in [0.1, 0.15) is 0 Å². The largest absolute Gasteiger partial charge is 0.305 e. The predicted molar refractivity (Wildman–Crippen MR) is 63.9 cm³/mol. The summed E-state index contributed by atoms with van der Waals surface area (Å²) < 4.78 is 3.01. The van der Waals surface area contributed by atoms with Gasteiger partial charge in [-0.05, 0) is 24.1 Å². The zero-order chi connectivity index (χ0) is 10.8. The molecule has 15 heavy (non-hydrogen) atoms. The zero-order valence-electron chi connectivity index (χ0n) is 8.58. The molecule has 2 nitrogen and oxygen atoms in total. The van der Waals surface area contributed by atoms with E-state index in [0.717, 1.165) is 16.6 Å². The Bertz CT molecular complexity index is 584. The topological polar surface area (TPSA) is 28.8 Å². The SMILES string of the molecule is C#CCn1c(=N)sc2cc(CC)ccc21. The number of thiazole rings is 1. The first-order valence-corrected chi connectivity index (χ1v) is 5.68. The van der Waals surface area contributed by atoms with E-state index in [1.54, 1.807) is 0 Å². The normalized spacial score (nSPS) is 10.4. The molecule has 0 atom stereocenters. The molecule has 0 aliphatic heterocycles. The maximum atomic E-state index is 7.82. The minimum absolute atomic E-state index is 0.476. The molecule has 3 heteroatoms. The predicted octanol–water partition coefficient (Wildman–Crippen LogP) is 2.38. The van der Waals surface area contributed by atoms with Crippen molar-refractivity contribution in [3.63, 3.8) is 0 Å². The van der Waals surface area contributed by atoms with Gasteiger partial charge >= 0.3 is 0 Å². The Labute approximate surface area is 92.7 Å². The van der Waals surface area contributed by atoms with Crippen LogP contribution in [0.15, 0.2) is 18.2 Å². The Morgan fingerprint density at radius 1 is 1.53 bits per heavy atom. The number of aromatic nitrogens is 1. The molecule has 1 N–H and O–H groups in total. The molecule has 0 spiro atoms. The fourth-order valence-corrected chi connectivity index (χ4v) is 2.57. The quantitative estimate of drug-likeness (QED) is 0.747. The van der Waals surface area contributed by atoms with Gasteiger partial charge in [0, 0.05) is 0 Å². The number of nitrogens with one attached hydrogen (secondary N) is 1. The third-order valence-corrected chi connectivity index (χ3v) is 3.39. The van der Waals surface area contributed by atoms with Gasteiger partial charge in [0.2, 0.25) is 0 Å². The van der Waals surface area contributed by atoms with Gasteiger partial charge in [-0.3, -0.25) is 5.41 Å². The summed E-state index contributed by atoms with van der Waals surface area (Å²) >= 11 is 1.48. The second kappa shape index (κ2) is 3.92. The first kappa shape index (κ1) is 10.0. The summed E-state index contributed by atoms with van der Waals surface area (Å²) in [5, 5.41) is 7.82. The van der Waals surface area contributed by atoms with Gasteiger partial charge in [-0.25, -0.2) is 0 Å². The van der Waals surface area contributed by atoms with Crippen molar-refractivity contribution in [2.45, 2.75) is 19.9 Å². The van der Waals surface area contributed by atoms with Gasteiger partial charge in [0.05, 0.1) is 16.8 Å². The van der Waals surface area contributed by atoms with Gasteiger partial charge < -0.3 is 4.57 Å². The molecule has 0 radical (unpaired) electrons. The first-order valence-electron chi connectivity index (χ1n) is 4.86. The number of aryl methyl sites for hydroxylation is 1. The Morgan fingerprint density at radius 2 is 2.33 bits per heavy atom. The van der Waals surface area contributed by atoms with E-state index in [0.29, 0.717) is 11.3 Å². The summed E-state index contributed by atoms with van der Waals surface area (Å²) in [6.45, 7) is 2.61. The number of nitrogens with zero attached hydrogens (tertiary/aromatic N) is 1. The van der Waals surface area contributed by atoms with E-state index in [2.05, 4.69) is 31.0 Å². The molecule has 76 valence electrons. The molecular formula is C12H12N2S. The highest BCUT2D eigenvalue weighted by molar-refractivity contribution is 7.16. The van der Waals surface area contributed by atoms with Crippen molar-refractivity contribution in [2.75, 3.05) is 0 Å². The molecule has 0 aliphatic rings. The van der Waals surface area contributed by atoms with Crippen molar-refractivity contribution in [2.24, 2.45) is 0 Å². The lowest BCUT2D eigenvalue weighted by atomic mass is 10.2. The highest BCUT2D eigenvalue weighted by atomic mass is 32.1. The van der Waals surface area contributed by atoms with Crippen molar-refractivity contribution in [1.29, 1.82) is 5.41 Å². The summed E-state index contributed by atoms with van der Waals surface area (Å²) in [7, 11) is 0. The van der Waals surface area contributed by atoms with Crippen LogP contribution in [0.2, 0.25) is 0 Å². The van der Waals surface area contributed by atoms with Gasteiger partial charge in [-0.15, -0.1) is 6.42 Å². The highest BCUT2D eigenvalue weighted by Crippen LogP contribution is 2.19. The molecule has 1 aromatic carbocycles. The van der Waals surface area contributed by atoms with Crippen LogP contribution >= 0.6 is 11.3 Å². The Kier molecular flexibility index (Phi) is 2.61. The maximum Gasteiger partial charge on any atom is 0.183 e. The number of fused-ring (bicyclic) bond motifs is 1. The lowest BCUT2D eigenvalue weighted by molar-refractivity contribution is 0.828. The molecule has 1 heterocycles. The van der Waals surface area contributed by atoms with Crippen LogP contribution < -0.4 is 4.80 Å². The van der Waals surface area contributed by atoms with Crippen LogP contribution in [-0.2, 0) is 13.0 Å². The zero-order valence-corrected chi connectivity index (χ0v) is 9.40.